The molecule has 0 aliphatic carbocycles. The van der Waals surface area contributed by atoms with Gasteiger partial charge in [0.15, 0.2) is 0 Å². The van der Waals surface area contributed by atoms with Crippen LogP contribution < -0.4 is 10.1 Å². The molecule has 0 aromatic heterocycles. The molecule has 1 N–H and O–H groups in total. The van der Waals surface area contributed by atoms with Crippen LogP contribution >= 0.6 is 0 Å². The van der Waals surface area contributed by atoms with E-state index in [1.54, 1.807) is 0 Å². The Bertz CT molecular complexity index is 551. The van der Waals surface area contributed by atoms with Crippen molar-refractivity contribution in [2.24, 2.45) is 0 Å². The maximum Gasteiger partial charge on any atom is 0.130 e. The first-order chi connectivity index (χ1) is 9.71. The zero-order valence-corrected chi connectivity index (χ0v) is 11.9. The van der Waals surface area contributed by atoms with Crippen LogP contribution in [0.4, 0.5) is 4.39 Å². The van der Waals surface area contributed by atoms with Gasteiger partial charge in [-0.1, -0.05) is 26.0 Å². The van der Waals surface area contributed by atoms with Crippen LogP contribution in [0.25, 0.3) is 0 Å². The summed E-state index contributed by atoms with van der Waals surface area (Å²) in [4.78, 5) is 0. The molecular formula is C17H20FNO. The molecule has 0 radical (unpaired) electrons. The summed E-state index contributed by atoms with van der Waals surface area (Å²) in [6.45, 7) is 5.62. The van der Waals surface area contributed by atoms with E-state index in [-0.39, 0.29) is 5.82 Å². The largest absolute Gasteiger partial charge is 0.457 e. The molecule has 2 nitrogen and oxygen atoms in total. The van der Waals surface area contributed by atoms with Crippen LogP contribution in [0.2, 0.25) is 0 Å². The maximum atomic E-state index is 13.6. The number of ether oxygens (including phenoxy) is 1. The van der Waals surface area contributed by atoms with Crippen molar-refractivity contribution in [1.82, 2.24) is 5.32 Å². The monoisotopic (exact) mass is 273 g/mol. The Hall–Kier alpha value is -1.87. The summed E-state index contributed by atoms with van der Waals surface area (Å²) < 4.78 is 19.3. The number of nitrogens with one attached hydrogen (secondary N) is 1. The average Bonchev–Trinajstić information content (AvgIpc) is 2.45. The van der Waals surface area contributed by atoms with Gasteiger partial charge < -0.3 is 10.1 Å². The van der Waals surface area contributed by atoms with Crippen molar-refractivity contribution < 1.29 is 9.13 Å². The number of halogens is 1. The zero-order valence-electron chi connectivity index (χ0n) is 11.9. The van der Waals surface area contributed by atoms with E-state index < -0.39 is 0 Å². The number of hydrogen-bond donors (Lipinski definition) is 1. The molecule has 106 valence electrons. The van der Waals surface area contributed by atoms with E-state index >= 15 is 0 Å². The van der Waals surface area contributed by atoms with Crippen LogP contribution in [0.3, 0.4) is 0 Å². The Labute approximate surface area is 119 Å². The first-order valence-corrected chi connectivity index (χ1v) is 6.98. The predicted octanol–water partition coefficient (Wildman–Crippen LogP) is 4.29. The summed E-state index contributed by atoms with van der Waals surface area (Å²) in [7, 11) is 0. The van der Waals surface area contributed by atoms with Gasteiger partial charge in [-0.05, 0) is 48.4 Å². The topological polar surface area (TPSA) is 21.3 Å². The molecule has 0 fully saturated rings. The van der Waals surface area contributed by atoms with Gasteiger partial charge in [-0.25, -0.2) is 4.39 Å². The van der Waals surface area contributed by atoms with Crippen molar-refractivity contribution in [3.05, 3.63) is 59.4 Å². The highest BCUT2D eigenvalue weighted by molar-refractivity contribution is 5.35. The van der Waals surface area contributed by atoms with Crippen molar-refractivity contribution in [2.75, 3.05) is 6.54 Å². The molecule has 0 saturated carbocycles. The number of rotatable bonds is 6. The van der Waals surface area contributed by atoms with Crippen LogP contribution in [-0.4, -0.2) is 6.54 Å². The Balaban J connectivity index is 2.12. The molecule has 0 aliphatic rings. The Morgan fingerprint density at radius 2 is 1.70 bits per heavy atom. The van der Waals surface area contributed by atoms with E-state index in [2.05, 4.69) is 12.2 Å². The van der Waals surface area contributed by atoms with E-state index in [1.807, 2.05) is 37.3 Å². The molecule has 0 unspecified atom stereocenters. The fourth-order valence-corrected chi connectivity index (χ4v) is 1.98. The number of hydrogen-bond acceptors (Lipinski definition) is 2. The average molecular weight is 273 g/mol. The van der Waals surface area contributed by atoms with E-state index in [1.165, 1.54) is 17.7 Å². The second-order valence-corrected chi connectivity index (χ2v) is 4.68. The Morgan fingerprint density at radius 3 is 2.35 bits per heavy atom. The van der Waals surface area contributed by atoms with E-state index in [9.17, 15) is 4.39 Å². The first kappa shape index (κ1) is 14.5. The molecule has 2 aromatic rings. The summed E-state index contributed by atoms with van der Waals surface area (Å²) in [5.41, 5.74) is 2.14. The molecule has 0 aliphatic heterocycles. The smallest absolute Gasteiger partial charge is 0.130 e. The van der Waals surface area contributed by atoms with Crippen LogP contribution in [0.1, 0.15) is 25.0 Å². The van der Waals surface area contributed by atoms with Gasteiger partial charge in [-0.15, -0.1) is 0 Å². The van der Waals surface area contributed by atoms with Gasteiger partial charge in [0.05, 0.1) is 0 Å². The van der Waals surface area contributed by atoms with E-state index in [0.717, 1.165) is 24.3 Å². The van der Waals surface area contributed by atoms with Gasteiger partial charge in [-0.3, -0.25) is 0 Å². The van der Waals surface area contributed by atoms with Crippen LogP contribution in [0.5, 0.6) is 11.5 Å². The SMILES string of the molecule is CCNCc1cc(F)cc(Oc2ccc(CC)cc2)c1. The summed E-state index contributed by atoms with van der Waals surface area (Å²) >= 11 is 0. The fourth-order valence-electron chi connectivity index (χ4n) is 1.98. The molecule has 20 heavy (non-hydrogen) atoms. The van der Waals surface area contributed by atoms with Gasteiger partial charge in [0.1, 0.15) is 17.3 Å². The van der Waals surface area contributed by atoms with Crippen molar-refractivity contribution in [1.29, 1.82) is 0 Å². The molecule has 0 atom stereocenters. The van der Waals surface area contributed by atoms with Crippen molar-refractivity contribution in [3.8, 4) is 11.5 Å². The predicted molar refractivity (Wildman–Crippen MR) is 79.7 cm³/mol. The molecule has 0 heterocycles. The highest BCUT2D eigenvalue weighted by Gasteiger charge is 2.03. The quantitative estimate of drug-likeness (QED) is 0.847. The van der Waals surface area contributed by atoms with Crippen LogP contribution in [0, 0.1) is 5.82 Å². The summed E-state index contributed by atoms with van der Waals surface area (Å²) in [5, 5.41) is 3.18. The lowest BCUT2D eigenvalue weighted by Gasteiger charge is -2.09. The second-order valence-electron chi connectivity index (χ2n) is 4.68. The normalized spacial score (nSPS) is 10.6. The standard InChI is InChI=1S/C17H20FNO/c1-3-13-5-7-16(8-6-13)20-17-10-14(12-19-4-2)9-15(18)11-17/h5-11,19H,3-4,12H2,1-2H3. The maximum absolute atomic E-state index is 13.6. The summed E-state index contributed by atoms with van der Waals surface area (Å²) in [5.74, 6) is 0.977. The molecular weight excluding hydrogens is 253 g/mol. The Morgan fingerprint density at radius 1 is 0.950 bits per heavy atom. The number of aryl methyl sites for hydroxylation is 1. The van der Waals surface area contributed by atoms with Gasteiger partial charge >= 0.3 is 0 Å². The van der Waals surface area contributed by atoms with Crippen LogP contribution in [-0.2, 0) is 13.0 Å². The summed E-state index contributed by atoms with van der Waals surface area (Å²) in [6, 6.07) is 12.7. The molecule has 2 aromatic carbocycles. The van der Waals surface area contributed by atoms with E-state index in [0.29, 0.717) is 12.3 Å². The molecule has 3 heteroatoms. The van der Waals surface area contributed by atoms with Gasteiger partial charge in [0, 0.05) is 12.6 Å². The summed E-state index contributed by atoms with van der Waals surface area (Å²) in [6.07, 6.45) is 0.993. The highest BCUT2D eigenvalue weighted by Crippen LogP contribution is 2.24. The molecule has 0 spiro atoms. The lowest BCUT2D eigenvalue weighted by atomic mass is 10.1. The Kier molecular flexibility index (Phi) is 5.13. The second kappa shape index (κ2) is 7.06. The van der Waals surface area contributed by atoms with Crippen molar-refractivity contribution >= 4 is 0 Å². The van der Waals surface area contributed by atoms with Crippen LogP contribution in [0.15, 0.2) is 42.5 Å². The minimum Gasteiger partial charge on any atom is -0.457 e. The zero-order chi connectivity index (χ0) is 14.4. The van der Waals surface area contributed by atoms with Gasteiger partial charge in [0.2, 0.25) is 0 Å². The van der Waals surface area contributed by atoms with Crippen molar-refractivity contribution in [3.63, 3.8) is 0 Å². The third kappa shape index (κ3) is 4.07. The fraction of sp³-hybridized carbons (Fsp3) is 0.294. The lowest BCUT2D eigenvalue weighted by Crippen LogP contribution is -2.11. The van der Waals surface area contributed by atoms with Crippen molar-refractivity contribution in [2.45, 2.75) is 26.8 Å². The third-order valence-corrected chi connectivity index (χ3v) is 3.08. The third-order valence-electron chi connectivity index (χ3n) is 3.08. The minimum absolute atomic E-state index is 0.277. The van der Waals surface area contributed by atoms with E-state index in [4.69, 9.17) is 4.74 Å². The van der Waals surface area contributed by atoms with Gasteiger partial charge in [0.25, 0.3) is 0 Å². The number of benzene rings is 2. The molecule has 0 saturated heterocycles. The highest BCUT2D eigenvalue weighted by atomic mass is 19.1. The molecule has 2 rings (SSSR count). The molecule has 0 amide bonds. The lowest BCUT2D eigenvalue weighted by molar-refractivity contribution is 0.475. The minimum atomic E-state index is -0.277. The van der Waals surface area contributed by atoms with Gasteiger partial charge in [-0.2, -0.15) is 0 Å². The molecule has 0 bridgehead atoms. The first-order valence-electron chi connectivity index (χ1n) is 6.98.